The van der Waals surface area contributed by atoms with E-state index in [2.05, 4.69) is 69.4 Å². The third-order valence-corrected chi connectivity index (χ3v) is 3.84. The molecule has 0 radical (unpaired) electrons. The fraction of sp³-hybridized carbons (Fsp3) is 0.0556. The highest BCUT2D eigenvalue weighted by Crippen LogP contribution is 2.09. The van der Waals surface area contributed by atoms with Crippen molar-refractivity contribution in [3.63, 3.8) is 0 Å². The van der Waals surface area contributed by atoms with E-state index in [1.165, 1.54) is 16.0 Å². The van der Waals surface area contributed by atoms with Gasteiger partial charge in [0.15, 0.2) is 0 Å². The molecule has 4 heteroatoms. The van der Waals surface area contributed by atoms with Crippen LogP contribution in [-0.4, -0.2) is 9.97 Å². The molecule has 1 aliphatic rings. The molecule has 3 N–H and O–H groups in total. The van der Waals surface area contributed by atoms with Gasteiger partial charge in [-0.25, -0.2) is 4.98 Å². The lowest BCUT2D eigenvalue weighted by Crippen LogP contribution is -2.47. The number of fused-ring (bicyclic) bond motifs is 1. The summed E-state index contributed by atoms with van der Waals surface area (Å²) in [5, 5.41) is 2.43. The lowest BCUT2D eigenvalue weighted by molar-refractivity contribution is 0.769. The minimum absolute atomic E-state index is 0.784. The summed E-state index contributed by atoms with van der Waals surface area (Å²) in [6.45, 7) is 0. The molecule has 0 unspecified atom stereocenters. The van der Waals surface area contributed by atoms with E-state index in [0.717, 1.165) is 23.5 Å². The van der Waals surface area contributed by atoms with E-state index < -0.39 is 0 Å². The molecule has 0 bridgehead atoms. The number of hydrazine groups is 1. The highest BCUT2D eigenvalue weighted by atomic mass is 15.4. The van der Waals surface area contributed by atoms with Gasteiger partial charge in [-0.3, -0.25) is 5.43 Å². The number of rotatable bonds is 3. The normalized spacial score (nSPS) is 13.3. The van der Waals surface area contributed by atoms with Crippen molar-refractivity contribution in [1.82, 2.24) is 20.8 Å². The molecule has 0 fully saturated rings. The summed E-state index contributed by atoms with van der Waals surface area (Å²) in [4.78, 5) is 7.24. The van der Waals surface area contributed by atoms with Crippen molar-refractivity contribution in [3.05, 3.63) is 88.8 Å². The molecule has 2 heterocycles. The topological polar surface area (TPSA) is 52.7 Å². The first kappa shape index (κ1) is 12.7. The fourth-order valence-electron chi connectivity index (χ4n) is 2.78. The van der Waals surface area contributed by atoms with Crippen LogP contribution in [-0.2, 0) is 6.42 Å². The molecule has 0 aliphatic carbocycles. The van der Waals surface area contributed by atoms with E-state index in [1.807, 2.05) is 12.3 Å². The van der Waals surface area contributed by atoms with Crippen LogP contribution in [0.4, 0.5) is 0 Å². The van der Waals surface area contributed by atoms with Crippen molar-refractivity contribution in [2.75, 3.05) is 0 Å². The lowest BCUT2D eigenvalue weighted by atomic mass is 10.0. The Morgan fingerprint density at radius 2 is 1.59 bits per heavy atom. The molecule has 0 amide bonds. The average Bonchev–Trinajstić information content (AvgIpc) is 3.09. The van der Waals surface area contributed by atoms with E-state index >= 15 is 0 Å². The Hall–Kier alpha value is -3.01. The molecule has 4 rings (SSSR count). The molecule has 0 saturated carbocycles. The van der Waals surface area contributed by atoms with Crippen LogP contribution in [0.15, 0.2) is 67.1 Å². The first-order chi connectivity index (χ1) is 10.9. The van der Waals surface area contributed by atoms with Crippen LogP contribution in [0.1, 0.15) is 11.3 Å². The quantitative estimate of drug-likeness (QED) is 0.674. The number of hydrogen-bond acceptors (Lipinski definition) is 3. The summed E-state index contributed by atoms with van der Waals surface area (Å²) in [6.07, 6.45) is 4.35. The zero-order chi connectivity index (χ0) is 14.8. The molecule has 2 aromatic carbocycles. The molecule has 22 heavy (non-hydrogen) atoms. The molecule has 4 nitrogen and oxygen atoms in total. The molecule has 1 aliphatic heterocycles. The van der Waals surface area contributed by atoms with Crippen molar-refractivity contribution in [2.45, 2.75) is 6.42 Å². The number of nitrogens with one attached hydrogen (secondary N) is 3. The second kappa shape index (κ2) is 5.41. The van der Waals surface area contributed by atoms with Crippen molar-refractivity contribution in [3.8, 4) is 0 Å². The molecule has 0 spiro atoms. The molecule has 0 saturated heterocycles. The zero-order valence-corrected chi connectivity index (χ0v) is 12.0. The van der Waals surface area contributed by atoms with Gasteiger partial charge in [-0.05, 0) is 0 Å². The standard InChI is InChI=1S/C18H16N4/c1-2-6-13(7-3-1)18-16-9-5-4-8-15(16)17(21-22-18)10-14-11-19-12-20-14/h1-9,11-12,21-22H,10H2,(H,19,20). The van der Waals surface area contributed by atoms with Crippen molar-refractivity contribution < 1.29 is 0 Å². The predicted molar refractivity (Wildman–Crippen MR) is 86.6 cm³/mol. The highest BCUT2D eigenvalue weighted by Gasteiger charge is 2.11. The first-order valence-electron chi connectivity index (χ1n) is 7.29. The minimum atomic E-state index is 0.784. The summed E-state index contributed by atoms with van der Waals surface area (Å²) < 4.78 is 0. The van der Waals surface area contributed by atoms with E-state index in [1.54, 1.807) is 6.33 Å². The van der Waals surface area contributed by atoms with Gasteiger partial charge in [-0.1, -0.05) is 54.6 Å². The third-order valence-electron chi connectivity index (χ3n) is 3.84. The SMILES string of the molecule is c1ccc(C2=c3ccccc3=C(Cc3cnc[nH]3)NN2)cc1. The van der Waals surface area contributed by atoms with Gasteiger partial charge >= 0.3 is 0 Å². The van der Waals surface area contributed by atoms with Crippen LogP contribution in [0.25, 0.3) is 11.4 Å². The number of aromatic amines is 1. The van der Waals surface area contributed by atoms with Crippen LogP contribution in [0.2, 0.25) is 0 Å². The van der Waals surface area contributed by atoms with Gasteiger partial charge in [-0.15, -0.1) is 0 Å². The van der Waals surface area contributed by atoms with Crippen LogP contribution >= 0.6 is 0 Å². The largest absolute Gasteiger partial charge is 0.348 e. The number of H-pyrrole nitrogens is 1. The number of nitrogens with zero attached hydrogens (tertiary/aromatic N) is 1. The first-order valence-corrected chi connectivity index (χ1v) is 7.29. The van der Waals surface area contributed by atoms with Gasteiger partial charge in [0.1, 0.15) is 0 Å². The zero-order valence-electron chi connectivity index (χ0n) is 12.0. The summed E-state index contributed by atoms with van der Waals surface area (Å²) in [5.74, 6) is 0. The van der Waals surface area contributed by atoms with Gasteiger partial charge < -0.3 is 10.4 Å². The predicted octanol–water partition coefficient (Wildman–Crippen LogP) is 1.02. The maximum absolute atomic E-state index is 4.08. The number of imidazole rings is 1. The second-order valence-corrected chi connectivity index (χ2v) is 5.27. The Bertz CT molecular complexity index is 896. The molecular formula is C18H16N4. The molecular weight excluding hydrogens is 272 g/mol. The van der Waals surface area contributed by atoms with E-state index in [9.17, 15) is 0 Å². The van der Waals surface area contributed by atoms with Gasteiger partial charge in [0.05, 0.1) is 12.0 Å². The molecule has 108 valence electrons. The maximum atomic E-state index is 4.08. The highest BCUT2D eigenvalue weighted by molar-refractivity contribution is 5.67. The van der Waals surface area contributed by atoms with E-state index in [4.69, 9.17) is 0 Å². The van der Waals surface area contributed by atoms with Crippen molar-refractivity contribution in [2.24, 2.45) is 0 Å². The van der Waals surface area contributed by atoms with Crippen LogP contribution in [0.3, 0.4) is 0 Å². The monoisotopic (exact) mass is 288 g/mol. The van der Waals surface area contributed by atoms with Gasteiger partial charge in [0, 0.05) is 40.0 Å². The van der Waals surface area contributed by atoms with Crippen LogP contribution in [0, 0.1) is 0 Å². The van der Waals surface area contributed by atoms with Gasteiger partial charge in [-0.2, -0.15) is 0 Å². The summed E-state index contributed by atoms with van der Waals surface area (Å²) in [7, 11) is 0. The average molecular weight is 288 g/mol. The number of hydrogen-bond donors (Lipinski definition) is 3. The Morgan fingerprint density at radius 3 is 2.36 bits per heavy atom. The molecule has 0 atom stereocenters. The molecule has 1 aromatic heterocycles. The maximum Gasteiger partial charge on any atom is 0.0921 e. The number of benzene rings is 2. The Kier molecular flexibility index (Phi) is 3.12. The van der Waals surface area contributed by atoms with Crippen molar-refractivity contribution in [1.29, 1.82) is 0 Å². The van der Waals surface area contributed by atoms with E-state index in [-0.39, 0.29) is 0 Å². The summed E-state index contributed by atoms with van der Waals surface area (Å²) in [6, 6.07) is 18.8. The smallest absolute Gasteiger partial charge is 0.0921 e. The Morgan fingerprint density at radius 1 is 0.818 bits per heavy atom. The Balaban J connectivity index is 1.92. The van der Waals surface area contributed by atoms with Crippen LogP contribution in [0.5, 0.6) is 0 Å². The fourth-order valence-corrected chi connectivity index (χ4v) is 2.78. The second-order valence-electron chi connectivity index (χ2n) is 5.27. The van der Waals surface area contributed by atoms with E-state index in [0.29, 0.717) is 0 Å². The van der Waals surface area contributed by atoms with Gasteiger partial charge in [0.25, 0.3) is 0 Å². The summed E-state index contributed by atoms with van der Waals surface area (Å²) >= 11 is 0. The lowest BCUT2D eigenvalue weighted by Gasteiger charge is -2.21. The Labute approximate surface area is 128 Å². The van der Waals surface area contributed by atoms with Gasteiger partial charge in [0.2, 0.25) is 0 Å². The number of aromatic nitrogens is 2. The third kappa shape index (κ3) is 2.24. The minimum Gasteiger partial charge on any atom is -0.348 e. The van der Waals surface area contributed by atoms with Crippen molar-refractivity contribution >= 4 is 11.4 Å². The molecule has 3 aromatic rings. The summed E-state index contributed by atoms with van der Waals surface area (Å²) in [5.41, 5.74) is 11.2. The van der Waals surface area contributed by atoms with Crippen LogP contribution < -0.4 is 21.3 Å².